The molecule has 1 saturated heterocycles. The van der Waals surface area contributed by atoms with Crippen LogP contribution in [0.4, 0.5) is 10.2 Å². The monoisotopic (exact) mass is 957 g/mol. The Labute approximate surface area is 397 Å². The van der Waals surface area contributed by atoms with Crippen molar-refractivity contribution in [1.82, 2.24) is 30.9 Å². The van der Waals surface area contributed by atoms with Crippen molar-refractivity contribution in [2.75, 3.05) is 52.3 Å². The number of aryl methyl sites for hydroxylation is 4. The minimum absolute atomic E-state index is 0.00870. The second-order valence-corrected chi connectivity index (χ2v) is 17.8. The van der Waals surface area contributed by atoms with Crippen LogP contribution in [0.25, 0.3) is 22.6 Å². The fraction of sp³-hybridized carbons (Fsp3) is 0.511. The first-order valence-corrected chi connectivity index (χ1v) is 22.3. The number of amidine groups is 1. The van der Waals surface area contributed by atoms with Crippen LogP contribution in [0.5, 0.6) is 11.5 Å². The Balaban J connectivity index is 0.000000316. The molecule has 1 aliphatic rings. The Morgan fingerprint density at radius 3 is 2.12 bits per heavy atom. The zero-order chi connectivity index (χ0) is 50.0. The van der Waals surface area contributed by atoms with E-state index in [0.717, 1.165) is 59.0 Å². The van der Waals surface area contributed by atoms with E-state index < -0.39 is 18.0 Å². The van der Waals surface area contributed by atoms with E-state index in [1.54, 1.807) is 20.2 Å². The average Bonchev–Trinajstić information content (AvgIpc) is 3.78. The van der Waals surface area contributed by atoms with Gasteiger partial charge in [-0.25, -0.2) is 20.3 Å². The molecule has 370 valence electrons. The number of anilines is 1. The number of nitrogens with one attached hydrogen (secondary N) is 4. The molecule has 1 fully saturated rings. The summed E-state index contributed by atoms with van der Waals surface area (Å²) in [6.45, 7) is 20.2. The number of likely N-dealkylation sites (N-methyl/N-ethyl adjacent to an activating group) is 2. The smallest absolute Gasteiger partial charge is 0.163 e. The van der Waals surface area contributed by atoms with Crippen LogP contribution in [-0.2, 0) is 11.2 Å². The number of aliphatic hydroxyl groups excluding tert-OH is 2. The number of aromatic nitrogens is 4. The number of nitrogens with zero attached hydrogens (tertiary/aromatic N) is 4. The Morgan fingerprint density at radius 2 is 1.57 bits per heavy atom. The van der Waals surface area contributed by atoms with Crippen molar-refractivity contribution in [2.24, 2.45) is 17.0 Å². The second kappa shape index (κ2) is 26.9. The van der Waals surface area contributed by atoms with Crippen molar-refractivity contribution in [2.45, 2.75) is 106 Å². The zero-order valence-electron chi connectivity index (χ0n) is 40.5. The summed E-state index contributed by atoms with van der Waals surface area (Å²) in [4.78, 5) is 9.83. The van der Waals surface area contributed by atoms with Crippen LogP contribution < -0.4 is 37.1 Å². The van der Waals surface area contributed by atoms with Crippen LogP contribution >= 0.6 is 11.6 Å². The Morgan fingerprint density at radius 1 is 0.940 bits per heavy atom. The molecule has 5 aromatic rings. The first-order chi connectivity index (χ1) is 31.7. The van der Waals surface area contributed by atoms with Gasteiger partial charge < -0.3 is 60.4 Å². The lowest BCUT2D eigenvalue weighted by Crippen LogP contribution is -2.33. The molecule has 11 N–H and O–H groups in total. The molecule has 1 aliphatic heterocycles. The van der Waals surface area contributed by atoms with Gasteiger partial charge in [-0.05, 0) is 111 Å². The van der Waals surface area contributed by atoms with Gasteiger partial charge in [-0.3, -0.25) is 5.41 Å². The topological polar surface area (TPSA) is 278 Å². The molecule has 4 atom stereocenters. The van der Waals surface area contributed by atoms with Crippen molar-refractivity contribution in [1.29, 1.82) is 5.41 Å². The van der Waals surface area contributed by atoms with E-state index in [0.29, 0.717) is 58.8 Å². The van der Waals surface area contributed by atoms with Gasteiger partial charge >= 0.3 is 0 Å². The molecule has 0 spiro atoms. The molecular weight excluding hydrogens is 887 g/mol. The second-order valence-electron chi connectivity index (χ2n) is 17.4. The molecule has 3 aromatic heterocycles. The van der Waals surface area contributed by atoms with Gasteiger partial charge in [-0.1, -0.05) is 48.8 Å². The molecule has 0 aliphatic carbocycles. The molecule has 18 nitrogen and oxygen atoms in total. The largest absolute Gasteiger partial charge is 0.491 e. The standard InChI is InChI=1S/C26H34ClN5O4.C11H16FN3O2.C10H17NO.H3NO/c1-14-11-18(9-10-34-14)29-25-15(2)24(22-16(3)32-36-17(22)4)30-26(31-25)20-7-6-8-21(23(20)27)35-13-19(33)12-28-5;1-15-5-7(16)6-17-8-2-3-10(12)9(4-8)11(13)14;1-7-9(6-10(3,4)5)8(2)12-11-7;1-2/h6-8,14,18-19,28,33H,9-13H2,1-5H3,(H,29,30,31);2-4,7,15-16H,5-6H2,1H3,(H3,13,14);6H2,1-5H3;2H,1H2. The maximum Gasteiger partial charge on any atom is 0.163 e. The number of benzene rings is 2. The molecule has 0 amide bonds. The van der Waals surface area contributed by atoms with Crippen LogP contribution in [0, 0.1) is 51.3 Å². The van der Waals surface area contributed by atoms with Crippen molar-refractivity contribution >= 4 is 23.3 Å². The van der Waals surface area contributed by atoms with Crippen LogP contribution in [0.2, 0.25) is 5.02 Å². The summed E-state index contributed by atoms with van der Waals surface area (Å²) >= 11 is 6.78. The molecule has 0 saturated carbocycles. The average molecular weight is 958 g/mol. The van der Waals surface area contributed by atoms with E-state index in [1.165, 1.54) is 23.8 Å². The fourth-order valence-electron chi connectivity index (χ4n) is 7.01. The summed E-state index contributed by atoms with van der Waals surface area (Å²) in [6, 6.07) is 9.64. The van der Waals surface area contributed by atoms with Gasteiger partial charge in [0.25, 0.3) is 0 Å². The molecule has 4 heterocycles. The molecular formula is C47H70ClFN10O8. The number of hydrogen-bond acceptors (Lipinski definition) is 17. The number of halogens is 2. The predicted octanol–water partition coefficient (Wildman–Crippen LogP) is 6.60. The Bertz CT molecular complexity index is 2280. The van der Waals surface area contributed by atoms with E-state index in [1.807, 2.05) is 46.8 Å². The van der Waals surface area contributed by atoms with Crippen LogP contribution in [0.3, 0.4) is 0 Å². The third kappa shape index (κ3) is 17.1. The van der Waals surface area contributed by atoms with Crippen molar-refractivity contribution in [3.8, 4) is 34.1 Å². The van der Waals surface area contributed by atoms with Gasteiger partial charge in [-0.2, -0.15) is 0 Å². The number of hydrogen-bond donors (Lipinski definition) is 9. The maximum absolute atomic E-state index is 13.2. The minimum Gasteiger partial charge on any atom is -0.491 e. The lowest BCUT2D eigenvalue weighted by Gasteiger charge is -2.29. The van der Waals surface area contributed by atoms with Gasteiger partial charge in [-0.15, -0.1) is 0 Å². The normalized spacial score (nSPS) is 15.4. The molecule has 4 unspecified atom stereocenters. The fourth-order valence-corrected chi connectivity index (χ4v) is 7.28. The predicted molar refractivity (Wildman–Crippen MR) is 258 cm³/mol. The highest BCUT2D eigenvalue weighted by molar-refractivity contribution is 6.34. The number of nitrogens with two attached hydrogens (primary N) is 2. The number of aliphatic hydroxyl groups is 2. The number of ether oxygens (including phenoxy) is 3. The van der Waals surface area contributed by atoms with E-state index in [2.05, 4.69) is 59.9 Å². The summed E-state index contributed by atoms with van der Waals surface area (Å²) in [7, 11) is 3.49. The summed E-state index contributed by atoms with van der Waals surface area (Å²) in [6.07, 6.45) is 1.69. The van der Waals surface area contributed by atoms with E-state index in [9.17, 15) is 14.6 Å². The highest BCUT2D eigenvalue weighted by Crippen LogP contribution is 2.38. The molecule has 2 aromatic carbocycles. The van der Waals surface area contributed by atoms with Crippen molar-refractivity contribution in [3.63, 3.8) is 0 Å². The SMILES string of the molecule is CNCC(O)COc1ccc(F)c(C(=N)N)c1.CNCC(O)COc1cccc(-c2nc(NC3CCOC(C)C3)c(C)c(-c3c(C)noc3C)n2)c1Cl.Cc1noc(C)c1CC(C)(C)C.NO. The van der Waals surface area contributed by atoms with Crippen LogP contribution in [-0.4, -0.2) is 113 Å². The molecule has 0 radical (unpaired) electrons. The molecule has 67 heavy (non-hydrogen) atoms. The van der Waals surface area contributed by atoms with E-state index in [4.69, 9.17) is 61.2 Å². The third-order valence-electron chi connectivity index (χ3n) is 10.3. The summed E-state index contributed by atoms with van der Waals surface area (Å²) in [5.41, 5.74) is 11.7. The van der Waals surface area contributed by atoms with Crippen LogP contribution in [0.15, 0.2) is 45.4 Å². The summed E-state index contributed by atoms with van der Waals surface area (Å²) in [5.74, 6) is 6.25. The quantitative estimate of drug-likeness (QED) is 0.0286. The van der Waals surface area contributed by atoms with E-state index in [-0.39, 0.29) is 36.8 Å². The van der Waals surface area contributed by atoms with Crippen LogP contribution in [0.1, 0.15) is 80.1 Å². The van der Waals surface area contributed by atoms with Crippen molar-refractivity contribution in [3.05, 3.63) is 86.8 Å². The van der Waals surface area contributed by atoms with E-state index >= 15 is 0 Å². The Hall–Kier alpha value is -5.25. The van der Waals surface area contributed by atoms with Gasteiger partial charge in [0.15, 0.2) is 5.82 Å². The lowest BCUT2D eigenvalue weighted by atomic mass is 9.87. The molecule has 6 rings (SSSR count). The molecule has 20 heteroatoms. The van der Waals surface area contributed by atoms with Gasteiger partial charge in [0.1, 0.15) is 65.9 Å². The maximum atomic E-state index is 13.2. The van der Waals surface area contributed by atoms with Crippen molar-refractivity contribution < 1.29 is 43.1 Å². The number of nitrogen functional groups attached to an aromatic ring is 1. The lowest BCUT2D eigenvalue weighted by molar-refractivity contribution is 0.0231. The Kier molecular flexibility index (Phi) is 22.5. The number of rotatable bonds is 16. The summed E-state index contributed by atoms with van der Waals surface area (Å²) in [5, 5.41) is 50.9. The highest BCUT2D eigenvalue weighted by atomic mass is 35.5. The third-order valence-corrected chi connectivity index (χ3v) is 10.7. The highest BCUT2D eigenvalue weighted by Gasteiger charge is 2.25. The molecule has 0 bridgehead atoms. The van der Waals surface area contributed by atoms with Gasteiger partial charge in [0, 0.05) is 42.4 Å². The minimum atomic E-state index is -0.658. The first kappa shape index (κ1) is 56.1. The van der Waals surface area contributed by atoms with Gasteiger partial charge in [0.2, 0.25) is 0 Å². The van der Waals surface area contributed by atoms with Gasteiger partial charge in [0.05, 0.1) is 39.3 Å². The first-order valence-electron chi connectivity index (χ1n) is 21.9. The zero-order valence-corrected chi connectivity index (χ0v) is 41.3. The summed E-state index contributed by atoms with van der Waals surface area (Å²) < 4.78 is 40.5.